The Morgan fingerprint density at radius 3 is 2.54 bits per heavy atom. The van der Waals surface area contributed by atoms with Gasteiger partial charge in [0.2, 0.25) is 5.91 Å². The van der Waals surface area contributed by atoms with Crippen LogP contribution in [0.5, 0.6) is 0 Å². The highest BCUT2D eigenvalue weighted by atomic mass is 16.5. The zero-order valence-electron chi connectivity index (χ0n) is 14.9. The van der Waals surface area contributed by atoms with Crippen LogP contribution in [0.4, 0.5) is 0 Å². The van der Waals surface area contributed by atoms with Gasteiger partial charge in [-0.3, -0.25) is 4.79 Å². The fourth-order valence-electron chi connectivity index (χ4n) is 3.83. The molecule has 2 aromatic carbocycles. The lowest BCUT2D eigenvalue weighted by molar-refractivity contribution is -0.158. The zero-order valence-corrected chi connectivity index (χ0v) is 14.9. The molecule has 4 rings (SSSR count). The van der Waals surface area contributed by atoms with Gasteiger partial charge in [-0.25, -0.2) is 0 Å². The quantitative estimate of drug-likeness (QED) is 0.826. The molecule has 1 fully saturated rings. The van der Waals surface area contributed by atoms with Crippen molar-refractivity contribution in [3.05, 3.63) is 83.9 Å². The predicted octanol–water partition coefficient (Wildman–Crippen LogP) is 3.71. The van der Waals surface area contributed by atoms with Crippen molar-refractivity contribution in [3.63, 3.8) is 0 Å². The molecule has 0 aliphatic carbocycles. The van der Waals surface area contributed by atoms with Crippen LogP contribution >= 0.6 is 0 Å². The molecule has 0 N–H and O–H groups in total. The molecule has 2 aliphatic rings. The summed E-state index contributed by atoms with van der Waals surface area (Å²) in [5.74, 6) is -0.00390. The predicted molar refractivity (Wildman–Crippen MR) is 99.1 cm³/mol. The summed E-state index contributed by atoms with van der Waals surface area (Å²) in [7, 11) is 0. The van der Waals surface area contributed by atoms with E-state index in [0.29, 0.717) is 19.8 Å². The van der Waals surface area contributed by atoms with Gasteiger partial charge >= 0.3 is 0 Å². The first-order chi connectivity index (χ1) is 12.7. The molecule has 2 aliphatic heterocycles. The van der Waals surface area contributed by atoms with Crippen molar-refractivity contribution in [2.75, 3.05) is 13.2 Å². The van der Waals surface area contributed by atoms with E-state index in [4.69, 9.17) is 9.47 Å². The van der Waals surface area contributed by atoms with E-state index < -0.39 is 5.72 Å². The molecule has 1 saturated heterocycles. The molecule has 2 heterocycles. The van der Waals surface area contributed by atoms with E-state index >= 15 is 0 Å². The zero-order chi connectivity index (χ0) is 18.0. The van der Waals surface area contributed by atoms with E-state index in [1.807, 2.05) is 78.6 Å². The Morgan fingerprint density at radius 2 is 1.81 bits per heavy atom. The van der Waals surface area contributed by atoms with Gasteiger partial charge in [-0.2, -0.15) is 0 Å². The molecular formula is C22H23NO3. The van der Waals surface area contributed by atoms with Gasteiger partial charge in [0.15, 0.2) is 0 Å². The van der Waals surface area contributed by atoms with Crippen LogP contribution in [0, 0.1) is 5.92 Å². The number of hydrogen-bond acceptors (Lipinski definition) is 3. The van der Waals surface area contributed by atoms with E-state index in [-0.39, 0.29) is 17.9 Å². The topological polar surface area (TPSA) is 38.8 Å². The van der Waals surface area contributed by atoms with Crippen LogP contribution in [-0.4, -0.2) is 29.7 Å². The maximum Gasteiger partial charge on any atom is 0.249 e. The number of nitrogens with zero attached hydrogens (tertiary/aromatic N) is 1. The summed E-state index contributed by atoms with van der Waals surface area (Å²) in [4.78, 5) is 14.5. The van der Waals surface area contributed by atoms with Crippen molar-refractivity contribution in [2.24, 2.45) is 5.92 Å². The largest absolute Gasteiger partial charge is 0.376 e. The molecule has 0 aromatic heterocycles. The average molecular weight is 349 g/mol. The number of hydrogen-bond donors (Lipinski definition) is 0. The smallest absolute Gasteiger partial charge is 0.249 e. The van der Waals surface area contributed by atoms with Crippen molar-refractivity contribution in [1.29, 1.82) is 0 Å². The second kappa shape index (κ2) is 7.06. The van der Waals surface area contributed by atoms with Crippen LogP contribution in [0.3, 0.4) is 0 Å². The lowest BCUT2D eigenvalue weighted by Crippen LogP contribution is -2.54. The molecular weight excluding hydrogens is 326 g/mol. The highest BCUT2D eigenvalue weighted by Crippen LogP contribution is 2.44. The molecule has 26 heavy (non-hydrogen) atoms. The number of amides is 1. The van der Waals surface area contributed by atoms with Crippen molar-refractivity contribution < 1.29 is 14.3 Å². The van der Waals surface area contributed by atoms with Gasteiger partial charge in [-0.15, -0.1) is 0 Å². The number of carbonyl (C=O) groups is 1. The minimum atomic E-state index is -0.678. The molecule has 3 atom stereocenters. The molecule has 134 valence electrons. The minimum absolute atomic E-state index is 0.00170. The molecule has 0 saturated carbocycles. The molecule has 0 spiro atoms. The Bertz CT molecular complexity index is 790. The van der Waals surface area contributed by atoms with Crippen LogP contribution in [0.15, 0.2) is 72.8 Å². The normalized spacial score (nSPS) is 27.6. The van der Waals surface area contributed by atoms with Gasteiger partial charge < -0.3 is 14.4 Å². The summed E-state index contributed by atoms with van der Waals surface area (Å²) in [6.07, 6.45) is 3.58. The maximum atomic E-state index is 12.6. The maximum absolute atomic E-state index is 12.6. The number of ether oxygens (including phenoxy) is 2. The van der Waals surface area contributed by atoms with Gasteiger partial charge in [0.05, 0.1) is 25.9 Å². The van der Waals surface area contributed by atoms with E-state index in [2.05, 4.69) is 0 Å². The van der Waals surface area contributed by atoms with Crippen molar-refractivity contribution in [1.82, 2.24) is 4.90 Å². The first kappa shape index (κ1) is 17.0. The third-order valence-electron chi connectivity index (χ3n) is 5.31. The van der Waals surface area contributed by atoms with Crippen molar-refractivity contribution >= 4 is 5.91 Å². The van der Waals surface area contributed by atoms with Crippen LogP contribution in [0.1, 0.15) is 24.1 Å². The Balaban J connectivity index is 1.49. The highest BCUT2D eigenvalue weighted by Gasteiger charge is 2.52. The molecule has 1 amide bonds. The molecule has 0 bridgehead atoms. The number of benzene rings is 2. The Kier molecular flexibility index (Phi) is 4.62. The summed E-state index contributed by atoms with van der Waals surface area (Å²) in [6.45, 7) is 3.56. The van der Waals surface area contributed by atoms with E-state index in [9.17, 15) is 4.79 Å². The van der Waals surface area contributed by atoms with E-state index in [1.54, 1.807) is 6.08 Å². The second-order valence-corrected chi connectivity index (χ2v) is 6.97. The van der Waals surface area contributed by atoms with E-state index in [0.717, 1.165) is 11.1 Å². The van der Waals surface area contributed by atoms with Crippen LogP contribution in [-0.2, 0) is 20.9 Å². The highest BCUT2D eigenvalue weighted by molar-refractivity contribution is 5.90. The molecule has 4 heteroatoms. The SMILES string of the molecule is C[C@@]12OC[C@@H](c3ccccc3)N1C(=O)C=C[C@H]2COCc1ccccc1. The van der Waals surface area contributed by atoms with Gasteiger partial charge in [-0.05, 0) is 24.1 Å². The molecule has 2 aromatic rings. The average Bonchev–Trinajstić information content (AvgIpc) is 3.05. The lowest BCUT2D eigenvalue weighted by atomic mass is 9.91. The molecule has 0 unspecified atom stereocenters. The van der Waals surface area contributed by atoms with Gasteiger partial charge in [-0.1, -0.05) is 66.7 Å². The van der Waals surface area contributed by atoms with Crippen molar-refractivity contribution in [2.45, 2.75) is 25.3 Å². The molecule has 4 nitrogen and oxygen atoms in total. The van der Waals surface area contributed by atoms with Crippen molar-refractivity contribution in [3.8, 4) is 0 Å². The standard InChI is InChI=1S/C22H23NO3/c1-22-19(15-25-14-17-8-4-2-5-9-17)12-13-21(24)23(22)20(16-26-22)18-10-6-3-7-11-18/h2-13,19-20H,14-16H2,1H3/t19-,20-,22-/m0/s1. The monoisotopic (exact) mass is 349 g/mol. The van der Waals surface area contributed by atoms with Gasteiger partial charge in [0, 0.05) is 5.92 Å². The summed E-state index contributed by atoms with van der Waals surface area (Å²) in [5, 5.41) is 0. The minimum Gasteiger partial charge on any atom is -0.376 e. The first-order valence-electron chi connectivity index (χ1n) is 9.00. The van der Waals surface area contributed by atoms with Crippen LogP contribution in [0.25, 0.3) is 0 Å². The lowest BCUT2D eigenvalue weighted by Gasteiger charge is -2.43. The Morgan fingerprint density at radius 1 is 1.12 bits per heavy atom. The number of rotatable bonds is 5. The number of fused-ring (bicyclic) bond motifs is 1. The summed E-state index contributed by atoms with van der Waals surface area (Å²) < 4.78 is 12.1. The van der Waals surface area contributed by atoms with Gasteiger partial charge in [0.25, 0.3) is 0 Å². The number of carbonyl (C=O) groups excluding carboxylic acids is 1. The fourth-order valence-corrected chi connectivity index (χ4v) is 3.83. The van der Waals surface area contributed by atoms with Gasteiger partial charge in [0.1, 0.15) is 5.72 Å². The first-order valence-corrected chi connectivity index (χ1v) is 9.00. The Hall–Kier alpha value is -2.43. The Labute approximate surface area is 154 Å². The summed E-state index contributed by atoms with van der Waals surface area (Å²) in [5.41, 5.74) is 1.56. The summed E-state index contributed by atoms with van der Waals surface area (Å²) >= 11 is 0. The fraction of sp³-hybridized carbons (Fsp3) is 0.318. The second-order valence-electron chi connectivity index (χ2n) is 6.97. The third-order valence-corrected chi connectivity index (χ3v) is 5.31. The third kappa shape index (κ3) is 3.06. The van der Waals surface area contributed by atoms with Crippen LogP contribution in [0.2, 0.25) is 0 Å². The van der Waals surface area contributed by atoms with Crippen LogP contribution < -0.4 is 0 Å². The molecule has 0 radical (unpaired) electrons. The summed E-state index contributed by atoms with van der Waals surface area (Å²) in [6, 6.07) is 20.1. The van der Waals surface area contributed by atoms with E-state index in [1.165, 1.54) is 0 Å².